The zero-order valence-electron chi connectivity index (χ0n) is 18.2. The number of amides is 1. The highest BCUT2D eigenvalue weighted by Gasteiger charge is 2.65. The number of ketones is 2. The number of aromatic hydroxyl groups is 1. The molecular formula is C22H25N3O8. The van der Waals surface area contributed by atoms with Crippen LogP contribution >= 0.6 is 0 Å². The van der Waals surface area contributed by atoms with Crippen LogP contribution in [-0.2, 0) is 14.4 Å². The molecule has 0 aromatic heterocycles. The quantitative estimate of drug-likeness (QED) is 0.173. The van der Waals surface area contributed by atoms with Crippen molar-refractivity contribution in [1.29, 1.82) is 0 Å². The Bertz CT molecular complexity index is 1200. The van der Waals surface area contributed by atoms with Crippen LogP contribution in [-0.4, -0.2) is 68.8 Å². The molecule has 0 heterocycles. The normalized spacial score (nSPS) is 31.2. The highest BCUT2D eigenvalue weighted by atomic mass is 16.4. The molecule has 176 valence electrons. The van der Waals surface area contributed by atoms with Crippen LogP contribution in [0.5, 0.6) is 5.75 Å². The molecule has 0 saturated heterocycles. The van der Waals surface area contributed by atoms with E-state index in [1.54, 1.807) is 25.9 Å². The highest BCUT2D eigenvalue weighted by Crippen LogP contribution is 2.57. The fraction of sp³-hybridized carbons (Fsp3) is 0.409. The van der Waals surface area contributed by atoms with Crippen LogP contribution in [0.2, 0.25) is 0 Å². The van der Waals surface area contributed by atoms with Crippen molar-refractivity contribution in [3.05, 3.63) is 34.1 Å². The maximum Gasteiger partial charge on any atom is 0.255 e. The highest BCUT2D eigenvalue weighted by molar-refractivity contribution is 6.23. The number of nitrogens with two attached hydrogens (primary N) is 2. The van der Waals surface area contributed by atoms with E-state index in [1.807, 2.05) is 0 Å². The van der Waals surface area contributed by atoms with Gasteiger partial charge in [-0.3, -0.25) is 14.4 Å². The zero-order valence-corrected chi connectivity index (χ0v) is 18.2. The number of benzene rings is 1. The molecular weight excluding hydrogens is 434 g/mol. The number of carbonyl (C=O) groups is 3. The van der Waals surface area contributed by atoms with Gasteiger partial charge in [-0.1, -0.05) is 6.92 Å². The molecule has 0 bridgehead atoms. The molecule has 2 unspecified atom stereocenters. The lowest BCUT2D eigenvalue weighted by molar-refractivity contribution is -0.160. The third-order valence-electron chi connectivity index (χ3n) is 7.08. The lowest BCUT2D eigenvalue weighted by Gasteiger charge is -2.50. The number of hydrogen-bond donors (Lipinski definition) is 7. The van der Waals surface area contributed by atoms with Gasteiger partial charge in [0, 0.05) is 43.6 Å². The molecule has 11 heteroatoms. The summed E-state index contributed by atoms with van der Waals surface area (Å²) >= 11 is 0. The number of nitrogen functional groups attached to an aromatic ring is 1. The van der Waals surface area contributed by atoms with Crippen molar-refractivity contribution < 1.29 is 39.9 Å². The van der Waals surface area contributed by atoms with Crippen LogP contribution in [0.3, 0.4) is 0 Å². The molecule has 0 radical (unpaired) electrons. The van der Waals surface area contributed by atoms with E-state index in [0.29, 0.717) is 11.3 Å². The Hall–Kier alpha value is -3.57. The zero-order chi connectivity index (χ0) is 24.7. The standard InChI is InChI=1S/C22H25N3O8/c1-6-11-9(25(2)3)5-8(23)17(28)14(11)18(29)15-12(6)16(27)7-4-10(26)13(21(24)32)19(30)22(7,33)20(15)31/h5-7,12,16,27-30,33H,4,23H2,1-3H3,(H2,24,32)/t6?,7-,12-,16?,22-/m1/s1. The molecule has 1 amide bonds. The second-order valence-electron chi connectivity index (χ2n) is 9.00. The molecule has 5 atom stereocenters. The lowest BCUT2D eigenvalue weighted by Crippen LogP contribution is -2.64. The topological polar surface area (TPSA) is 208 Å². The number of anilines is 2. The van der Waals surface area contributed by atoms with Gasteiger partial charge in [-0.15, -0.1) is 0 Å². The molecule has 9 N–H and O–H groups in total. The van der Waals surface area contributed by atoms with Crippen molar-refractivity contribution in [3.8, 4) is 5.75 Å². The molecule has 1 fully saturated rings. The molecule has 4 rings (SSSR count). The van der Waals surface area contributed by atoms with E-state index >= 15 is 0 Å². The Kier molecular flexibility index (Phi) is 4.77. The van der Waals surface area contributed by atoms with Crippen molar-refractivity contribution in [2.75, 3.05) is 24.7 Å². The summed E-state index contributed by atoms with van der Waals surface area (Å²) in [4.78, 5) is 39.4. The number of fused-ring (bicyclic) bond motifs is 3. The summed E-state index contributed by atoms with van der Waals surface area (Å²) < 4.78 is 0. The van der Waals surface area contributed by atoms with Gasteiger partial charge in [-0.25, -0.2) is 0 Å². The number of hydrogen-bond acceptors (Lipinski definition) is 10. The van der Waals surface area contributed by atoms with E-state index in [4.69, 9.17) is 11.5 Å². The van der Waals surface area contributed by atoms with Gasteiger partial charge in [0.15, 0.2) is 11.4 Å². The molecule has 3 aliphatic rings. The van der Waals surface area contributed by atoms with E-state index in [1.165, 1.54) is 6.07 Å². The molecule has 0 aliphatic heterocycles. The van der Waals surface area contributed by atoms with E-state index in [-0.39, 0.29) is 11.3 Å². The van der Waals surface area contributed by atoms with Crippen LogP contribution in [0.25, 0.3) is 5.76 Å². The van der Waals surface area contributed by atoms with Crippen molar-refractivity contribution in [1.82, 2.24) is 0 Å². The average molecular weight is 459 g/mol. The third-order valence-corrected chi connectivity index (χ3v) is 7.08. The molecule has 1 aromatic carbocycles. The summed E-state index contributed by atoms with van der Waals surface area (Å²) in [7, 11) is 3.43. The van der Waals surface area contributed by atoms with Gasteiger partial charge < -0.3 is 41.9 Å². The Labute approximate surface area is 188 Å². The van der Waals surface area contributed by atoms with Gasteiger partial charge >= 0.3 is 0 Å². The maximum atomic E-state index is 13.6. The van der Waals surface area contributed by atoms with E-state index in [2.05, 4.69) is 0 Å². The monoisotopic (exact) mass is 459 g/mol. The van der Waals surface area contributed by atoms with Crippen LogP contribution in [0, 0.1) is 11.8 Å². The van der Waals surface area contributed by atoms with Crippen LogP contribution in [0.15, 0.2) is 23.0 Å². The first-order valence-electron chi connectivity index (χ1n) is 10.2. The van der Waals surface area contributed by atoms with Gasteiger partial charge in [0.25, 0.3) is 5.91 Å². The van der Waals surface area contributed by atoms with E-state index in [9.17, 15) is 39.9 Å². The Morgan fingerprint density at radius 1 is 1.21 bits per heavy atom. The molecule has 3 aliphatic carbocycles. The minimum Gasteiger partial charge on any atom is -0.508 e. The second kappa shape index (κ2) is 6.96. The number of Topliss-reactive ketones (excluding diaryl/α,β-unsaturated/α-hetero) is 2. The maximum absolute atomic E-state index is 13.6. The minimum atomic E-state index is -2.87. The van der Waals surface area contributed by atoms with Crippen molar-refractivity contribution in [2.24, 2.45) is 17.6 Å². The second-order valence-corrected chi connectivity index (χ2v) is 9.00. The third kappa shape index (κ3) is 2.66. The van der Waals surface area contributed by atoms with Crippen molar-refractivity contribution >= 4 is 34.6 Å². The number of phenolic OH excluding ortho intramolecular Hbond substituents is 1. The summed E-state index contributed by atoms with van der Waals surface area (Å²) in [5.74, 6) is -9.18. The van der Waals surface area contributed by atoms with Gasteiger partial charge in [0.1, 0.15) is 22.8 Å². The molecule has 0 spiro atoms. The minimum absolute atomic E-state index is 0.0716. The SMILES string of the molecule is CC1c2c(N(C)C)cc(N)c(O)c2C(O)=C2C(=O)[C@]3(O)C(O)=C(C(N)=O)C(=O)C[C@@H]3C(O)[C@@H]21. The Balaban J connectivity index is 2.06. The predicted octanol–water partition coefficient (Wildman–Crippen LogP) is -0.396. The van der Waals surface area contributed by atoms with Crippen molar-refractivity contribution in [2.45, 2.75) is 31.0 Å². The first kappa shape index (κ1) is 22.6. The number of rotatable bonds is 2. The molecule has 1 aromatic rings. The first-order chi connectivity index (χ1) is 15.3. The summed E-state index contributed by atoms with van der Waals surface area (Å²) in [6.07, 6.45) is -2.20. The number of nitrogens with zero attached hydrogens (tertiary/aromatic N) is 1. The molecule has 33 heavy (non-hydrogen) atoms. The summed E-state index contributed by atoms with van der Waals surface area (Å²) in [6.45, 7) is 1.66. The van der Waals surface area contributed by atoms with Crippen LogP contribution in [0.4, 0.5) is 11.4 Å². The smallest absolute Gasteiger partial charge is 0.255 e. The largest absolute Gasteiger partial charge is 0.508 e. The molecule has 11 nitrogen and oxygen atoms in total. The van der Waals surface area contributed by atoms with Gasteiger partial charge in [0.05, 0.1) is 17.4 Å². The summed E-state index contributed by atoms with van der Waals surface area (Å²) in [5.41, 5.74) is 7.56. The van der Waals surface area contributed by atoms with Crippen LogP contribution < -0.4 is 16.4 Å². The average Bonchev–Trinajstić information content (AvgIpc) is 2.72. The fourth-order valence-corrected chi connectivity index (χ4v) is 5.51. The van der Waals surface area contributed by atoms with Crippen molar-refractivity contribution in [3.63, 3.8) is 0 Å². The fourth-order valence-electron chi connectivity index (χ4n) is 5.51. The number of phenols is 1. The first-order valence-corrected chi connectivity index (χ1v) is 10.2. The predicted molar refractivity (Wildman–Crippen MR) is 116 cm³/mol. The summed E-state index contributed by atoms with van der Waals surface area (Å²) in [6, 6.07) is 1.49. The number of primary amides is 1. The number of aliphatic hydroxyl groups excluding tert-OH is 3. The van der Waals surface area contributed by atoms with Gasteiger partial charge in [-0.2, -0.15) is 0 Å². The number of aliphatic hydroxyl groups is 4. The van der Waals surface area contributed by atoms with Gasteiger partial charge in [-0.05, 0) is 17.5 Å². The van der Waals surface area contributed by atoms with Gasteiger partial charge in [0.2, 0.25) is 5.78 Å². The van der Waals surface area contributed by atoms with E-state index < -0.39 is 81.8 Å². The number of carbonyl (C=O) groups excluding carboxylic acids is 3. The lowest BCUT2D eigenvalue weighted by atomic mass is 9.55. The Morgan fingerprint density at radius 3 is 2.36 bits per heavy atom. The summed E-state index contributed by atoms with van der Waals surface area (Å²) in [5, 5.41) is 54.9. The van der Waals surface area contributed by atoms with E-state index in [0.717, 1.165) is 0 Å². The van der Waals surface area contributed by atoms with Crippen LogP contribution in [0.1, 0.15) is 30.4 Å². The molecule has 1 saturated carbocycles. The Morgan fingerprint density at radius 2 is 1.82 bits per heavy atom.